The van der Waals surface area contributed by atoms with E-state index in [1.807, 2.05) is 0 Å². The van der Waals surface area contributed by atoms with Crippen molar-refractivity contribution in [2.45, 2.75) is 39.8 Å². The zero-order valence-corrected chi connectivity index (χ0v) is 14.2. The number of halogens is 2. The molecule has 1 aromatic carbocycles. The van der Waals surface area contributed by atoms with Crippen LogP contribution in [0, 0.1) is 5.92 Å². The third kappa shape index (κ3) is 5.25. The summed E-state index contributed by atoms with van der Waals surface area (Å²) in [6.07, 6.45) is 2.33. The highest BCUT2D eigenvalue weighted by atomic mass is 19.3. The second-order valence-electron chi connectivity index (χ2n) is 5.96. The van der Waals surface area contributed by atoms with E-state index < -0.39 is 6.61 Å². The first-order valence-corrected chi connectivity index (χ1v) is 8.25. The highest BCUT2D eigenvalue weighted by molar-refractivity contribution is 5.78. The van der Waals surface area contributed by atoms with Gasteiger partial charge in [0, 0.05) is 13.1 Å². The van der Waals surface area contributed by atoms with Crippen LogP contribution in [-0.2, 0) is 6.54 Å². The fourth-order valence-corrected chi connectivity index (χ4v) is 2.78. The van der Waals surface area contributed by atoms with Gasteiger partial charge in [0.2, 0.25) is 0 Å². The maximum absolute atomic E-state index is 12.4. The fourth-order valence-electron chi connectivity index (χ4n) is 2.78. The summed E-state index contributed by atoms with van der Waals surface area (Å²) < 4.78 is 34.6. The van der Waals surface area contributed by atoms with Gasteiger partial charge in [0.05, 0.1) is 13.2 Å². The molecule has 1 aliphatic heterocycles. The van der Waals surface area contributed by atoms with Crippen LogP contribution >= 0.6 is 0 Å². The lowest BCUT2D eigenvalue weighted by atomic mass is 10.0. The minimum atomic E-state index is -2.88. The molecule has 0 aromatic heterocycles. The molecule has 1 atom stereocenters. The lowest BCUT2D eigenvalue weighted by molar-refractivity contribution is -0.0514. The molecule has 2 rings (SSSR count). The van der Waals surface area contributed by atoms with Gasteiger partial charge in [-0.05, 0) is 43.4 Å². The van der Waals surface area contributed by atoms with Crippen LogP contribution in [0.25, 0.3) is 0 Å². The number of ether oxygens (including phenoxy) is 2. The predicted molar refractivity (Wildman–Crippen MR) is 89.5 cm³/mol. The number of hydrogen-bond acceptors (Lipinski definition) is 3. The van der Waals surface area contributed by atoms with Crippen LogP contribution in [0.1, 0.15) is 32.3 Å². The minimum absolute atomic E-state index is 0.0254. The van der Waals surface area contributed by atoms with Crippen molar-refractivity contribution >= 4 is 5.96 Å². The van der Waals surface area contributed by atoms with Crippen molar-refractivity contribution in [3.05, 3.63) is 23.8 Å². The van der Waals surface area contributed by atoms with Gasteiger partial charge in [0.15, 0.2) is 17.5 Å². The first-order valence-electron chi connectivity index (χ1n) is 8.25. The quantitative estimate of drug-likeness (QED) is 0.637. The molecule has 24 heavy (non-hydrogen) atoms. The van der Waals surface area contributed by atoms with Gasteiger partial charge in [-0.3, -0.25) is 0 Å². The van der Waals surface area contributed by atoms with Gasteiger partial charge >= 0.3 is 6.61 Å². The molecule has 1 aromatic rings. The number of piperidine rings is 1. The number of guanidine groups is 1. The molecule has 134 valence electrons. The van der Waals surface area contributed by atoms with E-state index in [9.17, 15) is 8.78 Å². The van der Waals surface area contributed by atoms with Crippen LogP contribution in [0.15, 0.2) is 23.2 Å². The molecule has 2 N–H and O–H groups in total. The first kappa shape index (κ1) is 18.3. The van der Waals surface area contributed by atoms with Crippen LogP contribution in [0.2, 0.25) is 0 Å². The highest BCUT2D eigenvalue weighted by Gasteiger charge is 2.17. The molecule has 0 bridgehead atoms. The molecular formula is C17H25F2N3O2. The number of nitrogens with zero attached hydrogens (tertiary/aromatic N) is 2. The molecule has 7 heteroatoms. The van der Waals surface area contributed by atoms with Gasteiger partial charge in [-0.1, -0.05) is 13.0 Å². The van der Waals surface area contributed by atoms with Crippen LogP contribution in [-0.4, -0.2) is 37.2 Å². The second kappa shape index (κ2) is 8.70. The maximum Gasteiger partial charge on any atom is 0.387 e. The van der Waals surface area contributed by atoms with Crippen molar-refractivity contribution in [3.8, 4) is 11.5 Å². The van der Waals surface area contributed by atoms with E-state index in [0.29, 0.717) is 25.0 Å². The predicted octanol–water partition coefficient (Wildman–Crippen LogP) is 3.23. The lowest BCUT2D eigenvalue weighted by Gasteiger charge is -2.31. The Hall–Kier alpha value is -2.05. The third-order valence-electron chi connectivity index (χ3n) is 3.93. The third-order valence-corrected chi connectivity index (χ3v) is 3.93. The Balaban J connectivity index is 2.05. The van der Waals surface area contributed by atoms with Crippen molar-refractivity contribution in [1.82, 2.24) is 4.90 Å². The monoisotopic (exact) mass is 341 g/mol. The van der Waals surface area contributed by atoms with Crippen LogP contribution < -0.4 is 15.2 Å². The molecule has 1 aliphatic rings. The largest absolute Gasteiger partial charge is 0.490 e. The number of alkyl halides is 2. The highest BCUT2D eigenvalue weighted by Crippen LogP contribution is 2.30. The van der Waals surface area contributed by atoms with Crippen molar-refractivity contribution in [1.29, 1.82) is 0 Å². The number of benzene rings is 1. The van der Waals surface area contributed by atoms with Crippen molar-refractivity contribution < 1.29 is 18.3 Å². The Kier molecular flexibility index (Phi) is 6.63. The number of hydrogen-bond donors (Lipinski definition) is 1. The van der Waals surface area contributed by atoms with Gasteiger partial charge in [0.1, 0.15) is 0 Å². The van der Waals surface area contributed by atoms with Crippen molar-refractivity contribution in [2.24, 2.45) is 16.6 Å². The van der Waals surface area contributed by atoms with Gasteiger partial charge < -0.3 is 20.1 Å². The van der Waals surface area contributed by atoms with Gasteiger partial charge in [-0.25, -0.2) is 4.99 Å². The first-order chi connectivity index (χ1) is 11.5. The molecule has 1 heterocycles. The summed E-state index contributed by atoms with van der Waals surface area (Å²) in [5.41, 5.74) is 6.90. The number of nitrogens with two attached hydrogens (primary N) is 1. The molecule has 1 saturated heterocycles. The zero-order chi connectivity index (χ0) is 17.5. The van der Waals surface area contributed by atoms with E-state index >= 15 is 0 Å². The van der Waals surface area contributed by atoms with Crippen molar-refractivity contribution in [2.75, 3.05) is 19.7 Å². The lowest BCUT2D eigenvalue weighted by Crippen LogP contribution is -2.43. The summed E-state index contributed by atoms with van der Waals surface area (Å²) in [4.78, 5) is 6.51. The molecule has 5 nitrogen and oxygen atoms in total. The van der Waals surface area contributed by atoms with Gasteiger partial charge in [-0.15, -0.1) is 0 Å². The van der Waals surface area contributed by atoms with E-state index in [1.165, 1.54) is 12.5 Å². The Morgan fingerprint density at radius 1 is 1.42 bits per heavy atom. The Morgan fingerprint density at radius 2 is 2.21 bits per heavy atom. The minimum Gasteiger partial charge on any atom is -0.490 e. The number of aliphatic imine (C=N–C) groups is 1. The molecule has 0 spiro atoms. The Morgan fingerprint density at radius 3 is 2.88 bits per heavy atom. The maximum atomic E-state index is 12.4. The van der Waals surface area contributed by atoms with Crippen LogP contribution in [0.4, 0.5) is 8.78 Å². The standard InChI is InChI=1S/C17H25F2N3O2/c1-3-23-15-9-13(6-7-14(15)24-16(18)19)10-21-17(20)22-8-4-5-12(2)11-22/h6-7,9,12,16H,3-5,8,10-11H2,1-2H3,(H2,20,21). The van der Waals surface area contributed by atoms with Crippen LogP contribution in [0.3, 0.4) is 0 Å². The average molecular weight is 341 g/mol. The SMILES string of the molecule is CCOc1cc(CN=C(N)N2CCCC(C)C2)ccc1OC(F)F. The number of likely N-dealkylation sites (tertiary alicyclic amines) is 1. The smallest absolute Gasteiger partial charge is 0.387 e. The topological polar surface area (TPSA) is 60.1 Å². The summed E-state index contributed by atoms with van der Waals surface area (Å²) in [6, 6.07) is 4.83. The summed E-state index contributed by atoms with van der Waals surface area (Å²) in [5.74, 6) is 1.45. The number of rotatable bonds is 6. The van der Waals surface area contributed by atoms with E-state index in [-0.39, 0.29) is 11.5 Å². The molecular weight excluding hydrogens is 316 g/mol. The summed E-state index contributed by atoms with van der Waals surface area (Å²) >= 11 is 0. The summed E-state index contributed by atoms with van der Waals surface area (Å²) in [7, 11) is 0. The molecule has 0 radical (unpaired) electrons. The Bertz CT molecular complexity index is 567. The molecule has 1 fully saturated rings. The molecule has 0 aliphatic carbocycles. The zero-order valence-electron chi connectivity index (χ0n) is 14.2. The van der Waals surface area contributed by atoms with Crippen LogP contribution in [0.5, 0.6) is 11.5 Å². The fraction of sp³-hybridized carbons (Fsp3) is 0.588. The summed E-state index contributed by atoms with van der Waals surface area (Å²) in [6.45, 7) is 3.67. The normalized spacial score (nSPS) is 18.8. The molecule has 0 amide bonds. The molecule has 0 saturated carbocycles. The van der Waals surface area contributed by atoms with Gasteiger partial charge in [0.25, 0.3) is 0 Å². The molecule has 1 unspecified atom stereocenters. The average Bonchev–Trinajstić information content (AvgIpc) is 2.54. The summed E-state index contributed by atoms with van der Waals surface area (Å²) in [5, 5.41) is 0. The van der Waals surface area contributed by atoms with E-state index in [2.05, 4.69) is 21.6 Å². The van der Waals surface area contributed by atoms with Crippen molar-refractivity contribution in [3.63, 3.8) is 0 Å². The van der Waals surface area contributed by atoms with E-state index in [4.69, 9.17) is 10.5 Å². The Labute approximate surface area is 141 Å². The second-order valence-corrected chi connectivity index (χ2v) is 5.96. The van der Waals surface area contributed by atoms with E-state index in [1.54, 1.807) is 19.1 Å². The van der Waals surface area contributed by atoms with E-state index in [0.717, 1.165) is 25.1 Å². The van der Waals surface area contributed by atoms with Gasteiger partial charge in [-0.2, -0.15) is 8.78 Å².